The van der Waals surface area contributed by atoms with Crippen molar-refractivity contribution < 1.29 is 24.2 Å². The number of hydrogen-bond acceptors (Lipinski definition) is 4. The van der Waals surface area contributed by atoms with Gasteiger partial charge in [0, 0.05) is 24.6 Å². The fourth-order valence-electron chi connectivity index (χ4n) is 1.89. The Kier molecular flexibility index (Phi) is 6.52. The monoisotopic (exact) mass is 295 g/mol. The number of amides is 1. The minimum Gasteiger partial charge on any atom is -0.497 e. The maximum absolute atomic E-state index is 11.9. The second-order valence-corrected chi connectivity index (χ2v) is 4.86. The van der Waals surface area contributed by atoms with Gasteiger partial charge in [-0.15, -0.1) is 0 Å². The maximum Gasteiger partial charge on any atom is 0.303 e. The first-order valence-electron chi connectivity index (χ1n) is 6.65. The highest BCUT2D eigenvalue weighted by Crippen LogP contribution is 2.24. The maximum atomic E-state index is 11.9. The molecule has 0 fully saturated rings. The molecule has 0 aliphatic heterocycles. The van der Waals surface area contributed by atoms with Gasteiger partial charge in [-0.3, -0.25) is 9.59 Å². The largest absolute Gasteiger partial charge is 0.497 e. The molecule has 0 heterocycles. The van der Waals surface area contributed by atoms with Gasteiger partial charge in [-0.05, 0) is 12.0 Å². The predicted molar refractivity (Wildman–Crippen MR) is 77.7 cm³/mol. The lowest BCUT2D eigenvalue weighted by molar-refractivity contribution is -0.138. The normalized spacial score (nSPS) is 11.6. The van der Waals surface area contributed by atoms with Gasteiger partial charge in [0.15, 0.2) is 0 Å². The van der Waals surface area contributed by atoms with Crippen molar-refractivity contribution in [2.24, 2.45) is 5.92 Å². The molecular weight excluding hydrogens is 274 g/mol. The molecule has 0 saturated carbocycles. The molecule has 0 spiro atoms. The van der Waals surface area contributed by atoms with E-state index in [4.69, 9.17) is 14.6 Å². The molecule has 1 aromatic rings. The van der Waals surface area contributed by atoms with Crippen LogP contribution in [0.4, 0.5) is 0 Å². The minimum absolute atomic E-state index is 0.0339. The van der Waals surface area contributed by atoms with E-state index in [1.54, 1.807) is 32.2 Å². The SMILES string of the molecule is COc1ccc(CC(=O)NCC(C)CC(=O)O)c(OC)c1. The van der Waals surface area contributed by atoms with Crippen LogP contribution < -0.4 is 14.8 Å². The van der Waals surface area contributed by atoms with E-state index in [0.29, 0.717) is 18.0 Å². The van der Waals surface area contributed by atoms with E-state index in [1.165, 1.54) is 7.11 Å². The molecule has 21 heavy (non-hydrogen) atoms. The van der Waals surface area contributed by atoms with Gasteiger partial charge in [0.2, 0.25) is 5.91 Å². The molecule has 1 rings (SSSR count). The third-order valence-electron chi connectivity index (χ3n) is 3.02. The Morgan fingerprint density at radius 3 is 2.57 bits per heavy atom. The Morgan fingerprint density at radius 1 is 1.29 bits per heavy atom. The summed E-state index contributed by atoms with van der Waals surface area (Å²) in [5.74, 6) is 0.0997. The quantitative estimate of drug-likeness (QED) is 0.758. The zero-order valence-electron chi connectivity index (χ0n) is 12.5. The fraction of sp³-hybridized carbons (Fsp3) is 0.467. The van der Waals surface area contributed by atoms with Gasteiger partial charge in [-0.1, -0.05) is 13.0 Å². The van der Waals surface area contributed by atoms with Crippen molar-refractivity contribution in [2.75, 3.05) is 20.8 Å². The van der Waals surface area contributed by atoms with Crippen molar-refractivity contribution in [2.45, 2.75) is 19.8 Å². The number of benzene rings is 1. The molecule has 6 heteroatoms. The molecule has 6 nitrogen and oxygen atoms in total. The molecule has 0 radical (unpaired) electrons. The molecule has 0 aliphatic rings. The van der Waals surface area contributed by atoms with Gasteiger partial charge in [-0.2, -0.15) is 0 Å². The molecule has 1 aromatic carbocycles. The van der Waals surface area contributed by atoms with Crippen LogP contribution in [-0.2, 0) is 16.0 Å². The fourth-order valence-corrected chi connectivity index (χ4v) is 1.89. The van der Waals surface area contributed by atoms with Gasteiger partial charge in [0.05, 0.1) is 20.6 Å². The van der Waals surface area contributed by atoms with E-state index in [1.807, 2.05) is 0 Å². The summed E-state index contributed by atoms with van der Waals surface area (Å²) in [6, 6.07) is 5.26. The first kappa shape index (κ1) is 16.8. The van der Waals surface area contributed by atoms with Crippen LogP contribution in [0.1, 0.15) is 18.9 Å². The topological polar surface area (TPSA) is 84.9 Å². The predicted octanol–water partition coefficient (Wildman–Crippen LogP) is 1.47. The number of nitrogens with one attached hydrogen (secondary N) is 1. The number of ether oxygens (including phenoxy) is 2. The number of aliphatic carboxylic acids is 1. The molecular formula is C15H21NO5. The Balaban J connectivity index is 2.56. The lowest BCUT2D eigenvalue weighted by atomic mass is 10.1. The minimum atomic E-state index is -0.867. The second-order valence-electron chi connectivity index (χ2n) is 4.86. The number of rotatable bonds is 8. The van der Waals surface area contributed by atoms with Crippen LogP contribution in [0.5, 0.6) is 11.5 Å². The molecule has 1 atom stereocenters. The standard InChI is InChI=1S/C15H21NO5/c1-10(6-15(18)19)9-16-14(17)7-11-4-5-12(20-2)8-13(11)21-3/h4-5,8,10H,6-7,9H2,1-3H3,(H,16,17)(H,18,19). The Morgan fingerprint density at radius 2 is 2.00 bits per heavy atom. The number of carbonyl (C=O) groups is 2. The van der Waals surface area contributed by atoms with Crippen LogP contribution in [0.25, 0.3) is 0 Å². The average molecular weight is 295 g/mol. The summed E-state index contributed by atoms with van der Waals surface area (Å²) in [6.45, 7) is 2.12. The van der Waals surface area contributed by atoms with Gasteiger partial charge in [0.1, 0.15) is 11.5 Å². The van der Waals surface area contributed by atoms with Crippen molar-refractivity contribution in [3.8, 4) is 11.5 Å². The van der Waals surface area contributed by atoms with Crippen LogP contribution in [0.2, 0.25) is 0 Å². The summed E-state index contributed by atoms with van der Waals surface area (Å²) in [5.41, 5.74) is 0.752. The third kappa shape index (κ3) is 5.72. The molecule has 0 saturated heterocycles. The molecule has 0 aromatic heterocycles. The van der Waals surface area contributed by atoms with E-state index in [0.717, 1.165) is 5.56 Å². The highest BCUT2D eigenvalue weighted by molar-refractivity contribution is 5.79. The number of carboxylic acids is 1. The van der Waals surface area contributed by atoms with Gasteiger partial charge < -0.3 is 19.9 Å². The van der Waals surface area contributed by atoms with Crippen LogP contribution >= 0.6 is 0 Å². The summed E-state index contributed by atoms with van der Waals surface area (Å²) in [5, 5.41) is 11.4. The highest BCUT2D eigenvalue weighted by Gasteiger charge is 2.12. The zero-order chi connectivity index (χ0) is 15.8. The smallest absolute Gasteiger partial charge is 0.303 e. The van der Waals surface area contributed by atoms with E-state index >= 15 is 0 Å². The molecule has 0 aliphatic carbocycles. The van der Waals surface area contributed by atoms with E-state index in [-0.39, 0.29) is 24.7 Å². The van der Waals surface area contributed by atoms with Crippen LogP contribution in [0.15, 0.2) is 18.2 Å². The molecule has 116 valence electrons. The number of hydrogen-bond donors (Lipinski definition) is 2. The van der Waals surface area contributed by atoms with E-state index in [9.17, 15) is 9.59 Å². The number of carbonyl (C=O) groups excluding carboxylic acids is 1. The van der Waals surface area contributed by atoms with Crippen LogP contribution in [-0.4, -0.2) is 37.7 Å². The highest BCUT2D eigenvalue weighted by atomic mass is 16.5. The van der Waals surface area contributed by atoms with Crippen molar-refractivity contribution in [3.05, 3.63) is 23.8 Å². The average Bonchev–Trinajstić information content (AvgIpc) is 2.45. The molecule has 2 N–H and O–H groups in total. The lowest BCUT2D eigenvalue weighted by Crippen LogP contribution is -2.30. The third-order valence-corrected chi connectivity index (χ3v) is 3.02. The summed E-state index contributed by atoms with van der Waals surface area (Å²) >= 11 is 0. The van der Waals surface area contributed by atoms with Crippen LogP contribution in [0, 0.1) is 5.92 Å². The first-order valence-corrected chi connectivity index (χ1v) is 6.65. The summed E-state index contributed by atoms with van der Waals surface area (Å²) in [7, 11) is 3.09. The molecule has 1 unspecified atom stereocenters. The van der Waals surface area contributed by atoms with Crippen LogP contribution in [0.3, 0.4) is 0 Å². The van der Waals surface area contributed by atoms with E-state index in [2.05, 4.69) is 5.32 Å². The van der Waals surface area contributed by atoms with Crippen molar-refractivity contribution in [1.29, 1.82) is 0 Å². The van der Waals surface area contributed by atoms with Gasteiger partial charge in [0.25, 0.3) is 0 Å². The second kappa shape index (κ2) is 8.14. The summed E-state index contributed by atoms with van der Waals surface area (Å²) in [4.78, 5) is 22.4. The number of carboxylic acid groups (broad SMARTS) is 1. The molecule has 1 amide bonds. The summed E-state index contributed by atoms with van der Waals surface area (Å²) in [6.07, 6.45) is 0.207. The van der Waals surface area contributed by atoms with Crippen molar-refractivity contribution in [1.82, 2.24) is 5.32 Å². The lowest BCUT2D eigenvalue weighted by Gasteiger charge is -2.12. The van der Waals surface area contributed by atoms with E-state index < -0.39 is 5.97 Å². The van der Waals surface area contributed by atoms with Gasteiger partial charge in [-0.25, -0.2) is 0 Å². The first-order chi connectivity index (χ1) is 9.96. The van der Waals surface area contributed by atoms with Gasteiger partial charge >= 0.3 is 5.97 Å². The Hall–Kier alpha value is -2.24. The zero-order valence-corrected chi connectivity index (χ0v) is 12.5. The number of methoxy groups -OCH3 is 2. The van der Waals surface area contributed by atoms with Crippen molar-refractivity contribution in [3.63, 3.8) is 0 Å². The van der Waals surface area contributed by atoms with Crippen molar-refractivity contribution >= 4 is 11.9 Å². The Bertz CT molecular complexity index is 501. The summed E-state index contributed by atoms with van der Waals surface area (Å²) < 4.78 is 10.3. The Labute approximate surface area is 124 Å². The molecule has 0 bridgehead atoms.